The molecule has 3 nitrogen and oxygen atoms in total. The van der Waals surface area contributed by atoms with E-state index in [4.69, 9.17) is 0 Å². The summed E-state index contributed by atoms with van der Waals surface area (Å²) in [5.41, 5.74) is 0.347. The first-order chi connectivity index (χ1) is 6.00. The third-order valence-electron chi connectivity index (χ3n) is 2.55. The van der Waals surface area contributed by atoms with Crippen molar-refractivity contribution >= 4 is 5.95 Å². The highest BCUT2D eigenvalue weighted by Gasteiger charge is 2.19. The molecular formula is C10H19N3. The average Bonchev–Trinajstić information content (AvgIpc) is 2.50. The minimum absolute atomic E-state index is 0.347. The lowest BCUT2D eigenvalue weighted by molar-refractivity contribution is 0.274. The average molecular weight is 181 g/mol. The lowest BCUT2D eigenvalue weighted by atomic mass is 9.82. The van der Waals surface area contributed by atoms with Gasteiger partial charge in [-0.3, -0.25) is 0 Å². The number of nitrogens with one attached hydrogen (secondary N) is 2. The summed E-state index contributed by atoms with van der Waals surface area (Å²) in [6.07, 6.45) is 3.58. The molecule has 0 spiro atoms. The van der Waals surface area contributed by atoms with Crippen molar-refractivity contribution in [2.75, 3.05) is 11.9 Å². The summed E-state index contributed by atoms with van der Waals surface area (Å²) in [6, 6.07) is 0. The van der Waals surface area contributed by atoms with Crippen molar-refractivity contribution in [2.45, 2.75) is 27.7 Å². The van der Waals surface area contributed by atoms with E-state index in [1.54, 1.807) is 6.20 Å². The number of nitrogens with zero attached hydrogens (tertiary/aromatic N) is 1. The number of hydrogen-bond acceptors (Lipinski definition) is 2. The molecule has 0 aliphatic rings. The normalized spacial score (nSPS) is 14.2. The molecule has 1 unspecified atom stereocenters. The second kappa shape index (κ2) is 3.81. The van der Waals surface area contributed by atoms with Gasteiger partial charge in [0.2, 0.25) is 0 Å². The van der Waals surface area contributed by atoms with Gasteiger partial charge < -0.3 is 10.3 Å². The number of H-pyrrole nitrogens is 1. The zero-order chi connectivity index (χ0) is 9.90. The lowest BCUT2D eigenvalue weighted by Gasteiger charge is -2.27. The Balaban J connectivity index is 2.35. The van der Waals surface area contributed by atoms with E-state index >= 15 is 0 Å². The maximum Gasteiger partial charge on any atom is 0.200 e. The summed E-state index contributed by atoms with van der Waals surface area (Å²) in [4.78, 5) is 7.13. The van der Waals surface area contributed by atoms with Gasteiger partial charge in [0.05, 0.1) is 0 Å². The van der Waals surface area contributed by atoms with E-state index in [2.05, 4.69) is 43.0 Å². The Morgan fingerprint density at radius 2 is 2.23 bits per heavy atom. The van der Waals surface area contributed by atoms with Gasteiger partial charge >= 0.3 is 0 Å². The van der Waals surface area contributed by atoms with Gasteiger partial charge in [-0.05, 0) is 11.3 Å². The predicted molar refractivity (Wildman–Crippen MR) is 55.7 cm³/mol. The Kier molecular flexibility index (Phi) is 2.96. The van der Waals surface area contributed by atoms with Crippen LogP contribution >= 0.6 is 0 Å². The summed E-state index contributed by atoms with van der Waals surface area (Å²) >= 11 is 0. The minimum atomic E-state index is 0.347. The molecule has 0 saturated carbocycles. The summed E-state index contributed by atoms with van der Waals surface area (Å²) in [5, 5.41) is 3.26. The fraction of sp³-hybridized carbons (Fsp3) is 0.700. The van der Waals surface area contributed by atoms with Crippen LogP contribution in [0.25, 0.3) is 0 Å². The van der Waals surface area contributed by atoms with Crippen molar-refractivity contribution in [3.05, 3.63) is 12.4 Å². The van der Waals surface area contributed by atoms with Gasteiger partial charge in [-0.25, -0.2) is 4.98 Å². The maximum atomic E-state index is 4.10. The van der Waals surface area contributed by atoms with E-state index in [1.807, 2.05) is 6.20 Å². The van der Waals surface area contributed by atoms with Gasteiger partial charge in [0.15, 0.2) is 5.95 Å². The lowest BCUT2D eigenvalue weighted by Crippen LogP contribution is -2.25. The highest BCUT2D eigenvalue weighted by Crippen LogP contribution is 2.24. The fourth-order valence-electron chi connectivity index (χ4n) is 0.918. The zero-order valence-corrected chi connectivity index (χ0v) is 8.89. The monoisotopic (exact) mass is 181 g/mol. The van der Waals surface area contributed by atoms with E-state index in [0.717, 1.165) is 12.5 Å². The molecule has 2 N–H and O–H groups in total. The van der Waals surface area contributed by atoms with Gasteiger partial charge in [-0.15, -0.1) is 0 Å². The third-order valence-corrected chi connectivity index (χ3v) is 2.55. The Labute approximate surface area is 80.0 Å². The molecule has 1 atom stereocenters. The smallest absolute Gasteiger partial charge is 0.200 e. The molecule has 1 aromatic heterocycles. The first kappa shape index (κ1) is 10.1. The van der Waals surface area contributed by atoms with Crippen LogP contribution in [0, 0.1) is 11.3 Å². The highest BCUT2D eigenvalue weighted by atomic mass is 15.1. The molecule has 0 fully saturated rings. The van der Waals surface area contributed by atoms with Crippen molar-refractivity contribution in [1.82, 2.24) is 9.97 Å². The molecule has 1 rings (SSSR count). The SMILES string of the molecule is CC(CNc1ncc[nH]1)C(C)(C)C. The van der Waals surface area contributed by atoms with E-state index in [1.165, 1.54) is 0 Å². The fourth-order valence-corrected chi connectivity index (χ4v) is 0.918. The number of aromatic nitrogens is 2. The molecule has 1 aromatic rings. The standard InChI is InChI=1S/C10H19N3/c1-8(10(2,3)4)7-13-9-11-5-6-12-9/h5-6,8H,7H2,1-4H3,(H2,11,12,13). The molecule has 13 heavy (non-hydrogen) atoms. The first-order valence-corrected chi connectivity index (χ1v) is 4.73. The van der Waals surface area contributed by atoms with Gasteiger partial charge in [0.1, 0.15) is 0 Å². The van der Waals surface area contributed by atoms with E-state index in [-0.39, 0.29) is 0 Å². The topological polar surface area (TPSA) is 40.7 Å². The van der Waals surface area contributed by atoms with Crippen LogP contribution in [0.1, 0.15) is 27.7 Å². The van der Waals surface area contributed by atoms with Gasteiger partial charge in [0, 0.05) is 18.9 Å². The molecule has 3 heteroatoms. The molecule has 0 amide bonds. The van der Waals surface area contributed by atoms with Crippen molar-refractivity contribution in [3.8, 4) is 0 Å². The van der Waals surface area contributed by atoms with E-state index < -0.39 is 0 Å². The second-order valence-corrected chi connectivity index (χ2v) is 4.59. The maximum absolute atomic E-state index is 4.10. The molecule has 0 saturated heterocycles. The van der Waals surface area contributed by atoms with Crippen molar-refractivity contribution in [1.29, 1.82) is 0 Å². The zero-order valence-electron chi connectivity index (χ0n) is 8.89. The Hall–Kier alpha value is -0.990. The molecule has 0 aliphatic heterocycles. The Morgan fingerprint density at radius 3 is 2.69 bits per heavy atom. The van der Waals surface area contributed by atoms with Crippen LogP contribution < -0.4 is 5.32 Å². The number of anilines is 1. The van der Waals surface area contributed by atoms with Crippen LogP contribution in [0.2, 0.25) is 0 Å². The van der Waals surface area contributed by atoms with Crippen LogP contribution in [0.15, 0.2) is 12.4 Å². The number of imidazole rings is 1. The van der Waals surface area contributed by atoms with Crippen LogP contribution in [-0.2, 0) is 0 Å². The van der Waals surface area contributed by atoms with E-state index in [9.17, 15) is 0 Å². The predicted octanol–water partition coefficient (Wildman–Crippen LogP) is 2.50. The number of hydrogen-bond donors (Lipinski definition) is 2. The summed E-state index contributed by atoms with van der Waals surface area (Å²) < 4.78 is 0. The number of aromatic amines is 1. The van der Waals surface area contributed by atoms with Crippen LogP contribution in [0.4, 0.5) is 5.95 Å². The second-order valence-electron chi connectivity index (χ2n) is 4.59. The number of rotatable bonds is 3. The summed E-state index contributed by atoms with van der Waals surface area (Å²) in [6.45, 7) is 9.96. The summed E-state index contributed by atoms with van der Waals surface area (Å²) in [7, 11) is 0. The largest absolute Gasteiger partial charge is 0.356 e. The quantitative estimate of drug-likeness (QED) is 0.752. The van der Waals surface area contributed by atoms with Crippen molar-refractivity contribution < 1.29 is 0 Å². The van der Waals surface area contributed by atoms with Gasteiger partial charge in [0.25, 0.3) is 0 Å². The van der Waals surface area contributed by atoms with Gasteiger partial charge in [-0.1, -0.05) is 27.7 Å². The first-order valence-electron chi connectivity index (χ1n) is 4.73. The van der Waals surface area contributed by atoms with Crippen LogP contribution in [0.5, 0.6) is 0 Å². The van der Waals surface area contributed by atoms with Crippen molar-refractivity contribution in [2.24, 2.45) is 11.3 Å². The molecular weight excluding hydrogens is 162 g/mol. The van der Waals surface area contributed by atoms with Gasteiger partial charge in [-0.2, -0.15) is 0 Å². The van der Waals surface area contributed by atoms with Crippen LogP contribution in [0.3, 0.4) is 0 Å². The summed E-state index contributed by atoms with van der Waals surface area (Å²) in [5.74, 6) is 1.48. The highest BCUT2D eigenvalue weighted by molar-refractivity contribution is 5.22. The van der Waals surface area contributed by atoms with Crippen molar-refractivity contribution in [3.63, 3.8) is 0 Å². The Morgan fingerprint density at radius 1 is 1.54 bits per heavy atom. The Bertz CT molecular complexity index is 233. The third kappa shape index (κ3) is 3.09. The molecule has 0 aliphatic carbocycles. The molecule has 0 aromatic carbocycles. The molecule has 0 bridgehead atoms. The molecule has 74 valence electrons. The minimum Gasteiger partial charge on any atom is -0.356 e. The molecule has 1 heterocycles. The van der Waals surface area contributed by atoms with Crippen LogP contribution in [-0.4, -0.2) is 16.5 Å². The van der Waals surface area contributed by atoms with E-state index in [0.29, 0.717) is 11.3 Å². The molecule has 0 radical (unpaired) electrons.